The van der Waals surface area contributed by atoms with Gasteiger partial charge in [-0.1, -0.05) is 12.1 Å². The van der Waals surface area contributed by atoms with Crippen LogP contribution in [0.3, 0.4) is 0 Å². The van der Waals surface area contributed by atoms with Gasteiger partial charge in [-0.15, -0.1) is 0 Å². The minimum Gasteiger partial charge on any atom is -0.497 e. The highest BCUT2D eigenvalue weighted by atomic mass is 16.5. The molecule has 0 aliphatic carbocycles. The number of imidazole rings is 1. The summed E-state index contributed by atoms with van der Waals surface area (Å²) in [6, 6.07) is 12.9. The number of H-pyrrole nitrogens is 1. The van der Waals surface area contributed by atoms with Gasteiger partial charge in [-0.3, -0.25) is 4.79 Å². The second-order valence-electron chi connectivity index (χ2n) is 5.81. The van der Waals surface area contributed by atoms with Gasteiger partial charge < -0.3 is 19.8 Å². The molecule has 0 aliphatic heterocycles. The van der Waals surface area contributed by atoms with Crippen LogP contribution < -0.4 is 14.8 Å². The average molecular weight is 351 g/mol. The number of aromatic amines is 1. The normalized spacial score (nSPS) is 12.3. The van der Waals surface area contributed by atoms with Gasteiger partial charge in [0.15, 0.2) is 0 Å². The van der Waals surface area contributed by atoms with E-state index in [1.165, 1.54) is 6.08 Å². The molecule has 0 saturated carbocycles. The van der Waals surface area contributed by atoms with Crippen LogP contribution in [0.4, 0.5) is 0 Å². The van der Waals surface area contributed by atoms with Crippen LogP contribution in [0.15, 0.2) is 48.5 Å². The van der Waals surface area contributed by atoms with E-state index in [0.29, 0.717) is 17.3 Å². The first-order valence-corrected chi connectivity index (χ1v) is 8.26. The van der Waals surface area contributed by atoms with Gasteiger partial charge in [-0.05, 0) is 43.3 Å². The van der Waals surface area contributed by atoms with Crippen molar-refractivity contribution in [2.24, 2.45) is 0 Å². The average Bonchev–Trinajstić information content (AvgIpc) is 3.10. The van der Waals surface area contributed by atoms with Gasteiger partial charge in [0.1, 0.15) is 17.3 Å². The summed E-state index contributed by atoms with van der Waals surface area (Å²) < 4.78 is 10.5. The maximum absolute atomic E-state index is 12.3. The van der Waals surface area contributed by atoms with Crippen molar-refractivity contribution in [2.75, 3.05) is 14.2 Å². The SMILES string of the molecule is COc1ccc(OC)c(/C=C/C(=O)NC(C)c2nc3ccccc3[nH]2)c1. The number of carbonyl (C=O) groups excluding carboxylic acids is 1. The molecular weight excluding hydrogens is 330 g/mol. The van der Waals surface area contributed by atoms with Crippen molar-refractivity contribution in [1.29, 1.82) is 0 Å². The molecule has 2 N–H and O–H groups in total. The molecule has 1 unspecified atom stereocenters. The third kappa shape index (κ3) is 3.85. The number of para-hydroxylation sites is 2. The number of nitrogens with one attached hydrogen (secondary N) is 2. The summed E-state index contributed by atoms with van der Waals surface area (Å²) in [5.41, 5.74) is 2.58. The summed E-state index contributed by atoms with van der Waals surface area (Å²) in [4.78, 5) is 20.0. The zero-order valence-corrected chi connectivity index (χ0v) is 14.9. The zero-order chi connectivity index (χ0) is 18.5. The van der Waals surface area contributed by atoms with Crippen LogP contribution in [0.5, 0.6) is 11.5 Å². The molecule has 0 fully saturated rings. The van der Waals surface area contributed by atoms with E-state index in [9.17, 15) is 4.79 Å². The van der Waals surface area contributed by atoms with Gasteiger partial charge in [0.05, 0.1) is 31.3 Å². The molecule has 1 aromatic heterocycles. The number of amides is 1. The fourth-order valence-electron chi connectivity index (χ4n) is 2.64. The number of methoxy groups -OCH3 is 2. The molecule has 0 bridgehead atoms. The summed E-state index contributed by atoms with van der Waals surface area (Å²) in [6.07, 6.45) is 3.17. The van der Waals surface area contributed by atoms with Gasteiger partial charge >= 0.3 is 0 Å². The number of hydrogen-bond acceptors (Lipinski definition) is 4. The van der Waals surface area contributed by atoms with E-state index in [1.54, 1.807) is 32.4 Å². The van der Waals surface area contributed by atoms with E-state index in [0.717, 1.165) is 16.6 Å². The Morgan fingerprint density at radius 2 is 2.00 bits per heavy atom. The van der Waals surface area contributed by atoms with Crippen LogP contribution in [-0.2, 0) is 4.79 Å². The summed E-state index contributed by atoms with van der Waals surface area (Å²) >= 11 is 0. The molecule has 0 spiro atoms. The number of ether oxygens (including phenoxy) is 2. The summed E-state index contributed by atoms with van der Waals surface area (Å²) in [7, 11) is 3.18. The molecule has 3 rings (SSSR count). The van der Waals surface area contributed by atoms with Gasteiger partial charge in [0.2, 0.25) is 5.91 Å². The fraction of sp³-hybridized carbons (Fsp3) is 0.200. The second-order valence-corrected chi connectivity index (χ2v) is 5.81. The number of fused-ring (bicyclic) bond motifs is 1. The van der Waals surface area contributed by atoms with Crippen molar-refractivity contribution in [1.82, 2.24) is 15.3 Å². The number of nitrogens with zero attached hydrogens (tertiary/aromatic N) is 1. The van der Waals surface area contributed by atoms with Crippen LogP contribution in [0.1, 0.15) is 24.4 Å². The molecule has 134 valence electrons. The Bertz CT molecular complexity index is 913. The minimum atomic E-state index is -0.244. The maximum atomic E-state index is 12.3. The van der Waals surface area contributed by atoms with Crippen molar-refractivity contribution in [3.8, 4) is 11.5 Å². The van der Waals surface area contributed by atoms with Gasteiger partial charge in [0, 0.05) is 11.6 Å². The Kier molecular flexibility index (Phi) is 5.22. The molecule has 26 heavy (non-hydrogen) atoms. The summed E-state index contributed by atoms with van der Waals surface area (Å²) in [5.74, 6) is 1.86. The summed E-state index contributed by atoms with van der Waals surface area (Å²) in [5, 5.41) is 2.90. The maximum Gasteiger partial charge on any atom is 0.244 e. The highest BCUT2D eigenvalue weighted by Gasteiger charge is 2.12. The molecule has 2 aromatic carbocycles. The molecule has 0 saturated heterocycles. The molecule has 1 heterocycles. The van der Waals surface area contributed by atoms with E-state index in [-0.39, 0.29) is 11.9 Å². The quantitative estimate of drug-likeness (QED) is 0.667. The topological polar surface area (TPSA) is 76.2 Å². The molecule has 3 aromatic rings. The number of aromatic nitrogens is 2. The number of benzene rings is 2. The second kappa shape index (κ2) is 7.74. The standard InChI is InChI=1S/C20H21N3O3/c1-13(20-22-16-6-4-5-7-17(16)23-20)21-19(24)11-8-14-12-15(25-2)9-10-18(14)26-3/h4-13H,1-3H3,(H,21,24)(H,22,23)/b11-8+. The first-order chi connectivity index (χ1) is 12.6. The predicted octanol–water partition coefficient (Wildman–Crippen LogP) is 3.47. The lowest BCUT2D eigenvalue weighted by Gasteiger charge is -2.10. The Morgan fingerprint density at radius 3 is 2.73 bits per heavy atom. The van der Waals surface area contributed by atoms with Crippen LogP contribution in [0, 0.1) is 0 Å². The van der Waals surface area contributed by atoms with Crippen molar-refractivity contribution in [2.45, 2.75) is 13.0 Å². The monoisotopic (exact) mass is 351 g/mol. The van der Waals surface area contributed by atoms with Crippen molar-refractivity contribution >= 4 is 23.0 Å². The third-order valence-corrected chi connectivity index (χ3v) is 4.03. The predicted molar refractivity (Wildman–Crippen MR) is 101 cm³/mol. The third-order valence-electron chi connectivity index (χ3n) is 4.03. The molecule has 6 nitrogen and oxygen atoms in total. The Balaban J connectivity index is 1.71. The highest BCUT2D eigenvalue weighted by Crippen LogP contribution is 2.25. The zero-order valence-electron chi connectivity index (χ0n) is 14.9. The number of hydrogen-bond donors (Lipinski definition) is 2. The molecule has 1 amide bonds. The first-order valence-electron chi connectivity index (χ1n) is 8.26. The van der Waals surface area contributed by atoms with Crippen LogP contribution >= 0.6 is 0 Å². The number of carbonyl (C=O) groups is 1. The highest BCUT2D eigenvalue weighted by molar-refractivity contribution is 5.92. The van der Waals surface area contributed by atoms with E-state index < -0.39 is 0 Å². The summed E-state index contributed by atoms with van der Waals surface area (Å²) in [6.45, 7) is 1.88. The lowest BCUT2D eigenvalue weighted by atomic mass is 10.1. The molecule has 0 aliphatic rings. The number of rotatable bonds is 6. The largest absolute Gasteiger partial charge is 0.497 e. The van der Waals surface area contributed by atoms with E-state index in [1.807, 2.05) is 37.3 Å². The fourth-order valence-corrected chi connectivity index (χ4v) is 2.64. The van der Waals surface area contributed by atoms with Crippen LogP contribution in [-0.4, -0.2) is 30.1 Å². The molecular formula is C20H21N3O3. The Labute approximate surface area is 151 Å². The first kappa shape index (κ1) is 17.5. The minimum absolute atomic E-state index is 0.220. The van der Waals surface area contributed by atoms with E-state index in [2.05, 4.69) is 15.3 Å². The van der Waals surface area contributed by atoms with E-state index in [4.69, 9.17) is 9.47 Å². The molecule has 6 heteroatoms. The van der Waals surface area contributed by atoms with Gasteiger partial charge in [0.25, 0.3) is 0 Å². The lowest BCUT2D eigenvalue weighted by molar-refractivity contribution is -0.117. The Morgan fingerprint density at radius 1 is 1.19 bits per heavy atom. The van der Waals surface area contributed by atoms with Gasteiger partial charge in [-0.2, -0.15) is 0 Å². The lowest BCUT2D eigenvalue weighted by Crippen LogP contribution is -2.25. The Hall–Kier alpha value is -3.28. The van der Waals surface area contributed by atoms with E-state index >= 15 is 0 Å². The van der Waals surface area contributed by atoms with Crippen molar-refractivity contribution < 1.29 is 14.3 Å². The smallest absolute Gasteiger partial charge is 0.244 e. The van der Waals surface area contributed by atoms with Gasteiger partial charge in [-0.25, -0.2) is 4.98 Å². The van der Waals surface area contributed by atoms with Crippen molar-refractivity contribution in [3.05, 3.63) is 59.9 Å². The van der Waals surface area contributed by atoms with Crippen LogP contribution in [0.25, 0.3) is 17.1 Å². The molecule has 0 radical (unpaired) electrons. The molecule has 1 atom stereocenters. The van der Waals surface area contributed by atoms with Crippen molar-refractivity contribution in [3.63, 3.8) is 0 Å². The van der Waals surface area contributed by atoms with Crippen LogP contribution in [0.2, 0.25) is 0 Å².